The van der Waals surface area contributed by atoms with Crippen LogP contribution >= 0.6 is 0 Å². The van der Waals surface area contributed by atoms with Crippen LogP contribution in [0.15, 0.2) is 42.5 Å². The number of carbonyl (C=O) groups is 2. The molecule has 0 saturated carbocycles. The second-order valence-electron chi connectivity index (χ2n) is 6.83. The van der Waals surface area contributed by atoms with Crippen LogP contribution in [0.4, 0.5) is 0 Å². The lowest BCUT2D eigenvalue weighted by Gasteiger charge is -2.33. The number of hydrogen-bond donors (Lipinski definition) is 1. The molecule has 1 unspecified atom stereocenters. The number of methoxy groups -OCH3 is 1. The second-order valence-corrected chi connectivity index (χ2v) is 6.83. The topological polar surface area (TPSA) is 58.6 Å². The summed E-state index contributed by atoms with van der Waals surface area (Å²) in [6.45, 7) is 2.56. The van der Waals surface area contributed by atoms with E-state index in [0.717, 1.165) is 30.2 Å². The minimum atomic E-state index is -0.0513. The van der Waals surface area contributed by atoms with Gasteiger partial charge in [-0.25, -0.2) is 0 Å². The molecule has 2 aromatic carbocycles. The molecule has 0 radical (unpaired) electrons. The van der Waals surface area contributed by atoms with Gasteiger partial charge in [0.2, 0.25) is 5.91 Å². The van der Waals surface area contributed by atoms with Crippen molar-refractivity contribution in [3.8, 4) is 0 Å². The summed E-state index contributed by atoms with van der Waals surface area (Å²) >= 11 is 0. The van der Waals surface area contributed by atoms with Gasteiger partial charge in [0.25, 0.3) is 5.91 Å². The van der Waals surface area contributed by atoms with Gasteiger partial charge in [-0.15, -0.1) is 0 Å². The molecule has 26 heavy (non-hydrogen) atoms. The van der Waals surface area contributed by atoms with Crippen molar-refractivity contribution in [3.05, 3.63) is 48.0 Å². The minimum Gasteiger partial charge on any atom is -0.384 e. The fourth-order valence-corrected chi connectivity index (χ4v) is 3.56. The summed E-state index contributed by atoms with van der Waals surface area (Å²) in [6, 6.07) is 13.7. The Morgan fingerprint density at radius 2 is 2.00 bits per heavy atom. The molecule has 1 fully saturated rings. The van der Waals surface area contributed by atoms with Crippen LogP contribution in [0, 0.1) is 5.92 Å². The molecule has 1 aliphatic rings. The van der Waals surface area contributed by atoms with Gasteiger partial charge in [0.1, 0.15) is 0 Å². The fraction of sp³-hybridized carbons (Fsp3) is 0.429. The summed E-state index contributed by atoms with van der Waals surface area (Å²) in [5, 5.41) is 5.09. The van der Waals surface area contributed by atoms with Gasteiger partial charge < -0.3 is 15.0 Å². The first-order valence-corrected chi connectivity index (χ1v) is 9.21. The standard InChI is InChI=1S/C21H26N2O3/c1-26-13-11-20(24)23-12-5-6-16(15-23)14-22-21(25)19-10-4-8-17-7-2-3-9-18(17)19/h2-4,7-10,16H,5-6,11-15H2,1H3,(H,22,25). The van der Waals surface area contributed by atoms with E-state index in [1.54, 1.807) is 7.11 Å². The highest BCUT2D eigenvalue weighted by Crippen LogP contribution is 2.20. The van der Waals surface area contributed by atoms with Crippen LogP contribution in [0.5, 0.6) is 0 Å². The van der Waals surface area contributed by atoms with Crippen molar-refractivity contribution < 1.29 is 14.3 Å². The molecule has 5 nitrogen and oxygen atoms in total. The van der Waals surface area contributed by atoms with Crippen molar-refractivity contribution in [3.63, 3.8) is 0 Å². The molecule has 2 amide bonds. The largest absolute Gasteiger partial charge is 0.384 e. The molecule has 0 bridgehead atoms. The molecule has 1 heterocycles. The quantitative estimate of drug-likeness (QED) is 0.868. The van der Waals surface area contributed by atoms with Crippen LogP contribution in [0.3, 0.4) is 0 Å². The highest BCUT2D eigenvalue weighted by Gasteiger charge is 2.24. The smallest absolute Gasteiger partial charge is 0.251 e. The summed E-state index contributed by atoms with van der Waals surface area (Å²) in [5.41, 5.74) is 0.701. The maximum absolute atomic E-state index is 12.6. The van der Waals surface area contributed by atoms with Gasteiger partial charge in [0.05, 0.1) is 13.0 Å². The summed E-state index contributed by atoms with van der Waals surface area (Å²) < 4.78 is 4.99. The lowest BCUT2D eigenvalue weighted by molar-refractivity contribution is -0.133. The number of ether oxygens (including phenoxy) is 1. The number of piperidine rings is 1. The van der Waals surface area contributed by atoms with Crippen molar-refractivity contribution in [1.29, 1.82) is 0 Å². The number of fused-ring (bicyclic) bond motifs is 1. The van der Waals surface area contributed by atoms with Crippen LogP contribution in [0.2, 0.25) is 0 Å². The Bertz CT molecular complexity index is 769. The zero-order chi connectivity index (χ0) is 18.4. The minimum absolute atomic E-state index is 0.0513. The molecular weight excluding hydrogens is 328 g/mol. The first-order valence-electron chi connectivity index (χ1n) is 9.21. The lowest BCUT2D eigenvalue weighted by atomic mass is 9.97. The maximum Gasteiger partial charge on any atom is 0.251 e. The van der Waals surface area contributed by atoms with E-state index in [0.29, 0.717) is 37.6 Å². The van der Waals surface area contributed by atoms with Crippen LogP contribution < -0.4 is 5.32 Å². The number of hydrogen-bond acceptors (Lipinski definition) is 3. The SMILES string of the molecule is COCCC(=O)N1CCCC(CNC(=O)c2cccc3ccccc23)C1. The van der Waals surface area contributed by atoms with E-state index in [2.05, 4.69) is 5.32 Å². The van der Waals surface area contributed by atoms with Crippen molar-refractivity contribution in [2.24, 2.45) is 5.92 Å². The Hall–Kier alpha value is -2.40. The molecule has 1 saturated heterocycles. The van der Waals surface area contributed by atoms with Crippen LogP contribution in [0.1, 0.15) is 29.6 Å². The number of nitrogens with zero attached hydrogens (tertiary/aromatic N) is 1. The van der Waals surface area contributed by atoms with Gasteiger partial charge in [-0.3, -0.25) is 9.59 Å². The predicted molar refractivity (Wildman–Crippen MR) is 102 cm³/mol. The average molecular weight is 354 g/mol. The molecular formula is C21H26N2O3. The van der Waals surface area contributed by atoms with E-state index in [9.17, 15) is 9.59 Å². The van der Waals surface area contributed by atoms with E-state index < -0.39 is 0 Å². The third-order valence-corrected chi connectivity index (χ3v) is 4.98. The molecule has 5 heteroatoms. The summed E-state index contributed by atoms with van der Waals surface area (Å²) in [7, 11) is 1.61. The number of amides is 2. The number of benzene rings is 2. The van der Waals surface area contributed by atoms with E-state index in [-0.39, 0.29) is 11.8 Å². The Morgan fingerprint density at radius 3 is 2.85 bits per heavy atom. The first kappa shape index (κ1) is 18.4. The highest BCUT2D eigenvalue weighted by atomic mass is 16.5. The molecule has 138 valence electrons. The normalized spacial score (nSPS) is 17.3. The molecule has 3 rings (SSSR count). The number of rotatable bonds is 6. The van der Waals surface area contributed by atoms with Crippen molar-refractivity contribution in [2.45, 2.75) is 19.3 Å². The van der Waals surface area contributed by atoms with E-state index >= 15 is 0 Å². The zero-order valence-corrected chi connectivity index (χ0v) is 15.2. The fourth-order valence-electron chi connectivity index (χ4n) is 3.56. The second kappa shape index (κ2) is 8.81. The average Bonchev–Trinajstić information content (AvgIpc) is 2.70. The predicted octanol–water partition coefficient (Wildman–Crippen LogP) is 2.84. The van der Waals surface area contributed by atoms with Gasteiger partial charge in [-0.05, 0) is 35.6 Å². The molecule has 0 aliphatic carbocycles. The number of likely N-dealkylation sites (tertiary alicyclic amines) is 1. The van der Waals surface area contributed by atoms with Crippen LogP contribution in [0.25, 0.3) is 10.8 Å². The van der Waals surface area contributed by atoms with Crippen molar-refractivity contribution in [1.82, 2.24) is 10.2 Å². The molecule has 0 spiro atoms. The van der Waals surface area contributed by atoms with Crippen LogP contribution in [-0.2, 0) is 9.53 Å². The van der Waals surface area contributed by atoms with E-state index in [4.69, 9.17) is 4.74 Å². The van der Waals surface area contributed by atoms with Gasteiger partial charge >= 0.3 is 0 Å². The summed E-state index contributed by atoms with van der Waals surface area (Å²) in [6.07, 6.45) is 2.43. The third-order valence-electron chi connectivity index (χ3n) is 4.98. The maximum atomic E-state index is 12.6. The molecule has 2 aromatic rings. The molecule has 1 N–H and O–H groups in total. The molecule has 1 atom stereocenters. The van der Waals surface area contributed by atoms with E-state index in [1.165, 1.54) is 0 Å². The summed E-state index contributed by atoms with van der Waals surface area (Å²) in [4.78, 5) is 26.7. The van der Waals surface area contributed by atoms with E-state index in [1.807, 2.05) is 47.4 Å². The Kier molecular flexibility index (Phi) is 6.23. The Labute approximate surface area is 154 Å². The molecule has 0 aromatic heterocycles. The van der Waals surface area contributed by atoms with Gasteiger partial charge in [0.15, 0.2) is 0 Å². The summed E-state index contributed by atoms with van der Waals surface area (Å²) in [5.74, 6) is 0.385. The monoisotopic (exact) mass is 354 g/mol. The molecule has 1 aliphatic heterocycles. The van der Waals surface area contributed by atoms with Gasteiger partial charge in [-0.1, -0.05) is 36.4 Å². The first-order chi connectivity index (χ1) is 12.7. The number of carbonyl (C=O) groups excluding carboxylic acids is 2. The van der Waals surface area contributed by atoms with Gasteiger partial charge in [0, 0.05) is 32.3 Å². The van der Waals surface area contributed by atoms with Crippen molar-refractivity contribution in [2.75, 3.05) is 33.4 Å². The van der Waals surface area contributed by atoms with Gasteiger partial charge in [-0.2, -0.15) is 0 Å². The zero-order valence-electron chi connectivity index (χ0n) is 15.2. The Balaban J connectivity index is 1.58. The van der Waals surface area contributed by atoms with Crippen LogP contribution in [-0.4, -0.2) is 50.1 Å². The third kappa shape index (κ3) is 4.41. The highest BCUT2D eigenvalue weighted by molar-refractivity contribution is 6.06. The number of nitrogens with one attached hydrogen (secondary N) is 1. The Morgan fingerprint density at radius 1 is 1.19 bits per heavy atom. The lowest BCUT2D eigenvalue weighted by Crippen LogP contribution is -2.44. The van der Waals surface area contributed by atoms with Crippen molar-refractivity contribution >= 4 is 22.6 Å².